The molecule has 1 rings (SSSR count). The summed E-state index contributed by atoms with van der Waals surface area (Å²) in [5.74, 6) is -0.390. The van der Waals surface area contributed by atoms with Crippen LogP contribution in [0, 0.1) is 0 Å². The fourth-order valence-corrected chi connectivity index (χ4v) is 0.740. The van der Waals surface area contributed by atoms with Gasteiger partial charge in [0, 0.05) is 0 Å². The minimum Gasteiger partial charge on any atom is -0.497 e. The molecule has 1 nitrogen and oxygen atoms in total. The number of hydrogen-bond donors (Lipinski definition) is 0. The van der Waals surface area contributed by atoms with Crippen molar-refractivity contribution in [2.75, 3.05) is 7.04 Å². The zero-order chi connectivity index (χ0) is 13.4. The molecule has 60 valence electrons. The summed E-state index contributed by atoms with van der Waals surface area (Å²) in [6.45, 7) is 3.60. The third-order valence-corrected chi connectivity index (χ3v) is 1.36. The first kappa shape index (κ1) is 3.18. The van der Waals surface area contributed by atoms with E-state index in [1.165, 1.54) is 6.07 Å². The van der Waals surface area contributed by atoms with E-state index >= 15 is 0 Å². The smallest absolute Gasteiger partial charge is 0.119 e. The lowest BCUT2D eigenvalue weighted by Crippen LogP contribution is -1.88. The van der Waals surface area contributed by atoms with Crippen LogP contribution in [0.2, 0.25) is 0 Å². The van der Waals surface area contributed by atoms with Crippen LogP contribution in [0.4, 0.5) is 0 Å². The van der Waals surface area contributed by atoms with Crippen molar-refractivity contribution in [3.63, 3.8) is 0 Å². The zero-order valence-electron chi connectivity index (χ0n) is 12.6. The highest BCUT2D eigenvalue weighted by atomic mass is 16.5. The van der Waals surface area contributed by atoms with E-state index in [-0.39, 0.29) is 29.8 Å². The third-order valence-electron chi connectivity index (χ3n) is 1.36. The maximum absolute atomic E-state index is 7.82. The molecule has 0 N–H and O–H groups in total. The van der Waals surface area contributed by atoms with E-state index in [1.54, 1.807) is 13.8 Å². The van der Waals surface area contributed by atoms with Crippen LogP contribution in [-0.4, -0.2) is 7.04 Å². The van der Waals surface area contributed by atoms with E-state index in [2.05, 4.69) is 4.74 Å². The molecule has 1 heteroatoms. The molecule has 0 atom stereocenters. The van der Waals surface area contributed by atoms with Crippen molar-refractivity contribution in [1.82, 2.24) is 0 Å². The van der Waals surface area contributed by atoms with Crippen LogP contribution in [-0.2, 0) is 0 Å². The second-order valence-corrected chi connectivity index (χ2v) is 2.56. The Morgan fingerprint density at radius 1 is 1.55 bits per heavy atom. The molecule has 0 radical (unpaired) electrons. The van der Waals surface area contributed by atoms with E-state index in [4.69, 9.17) is 8.22 Å². The van der Waals surface area contributed by atoms with Gasteiger partial charge in [0.25, 0.3) is 0 Å². The Morgan fingerprint density at radius 2 is 2.36 bits per heavy atom. The lowest BCUT2D eigenvalue weighted by molar-refractivity contribution is 0.414. The maximum atomic E-state index is 7.82. The molecule has 0 amide bonds. The molecule has 0 saturated heterocycles. The van der Waals surface area contributed by atoms with Crippen molar-refractivity contribution in [2.24, 2.45) is 0 Å². The lowest BCUT2D eigenvalue weighted by atomic mass is 10.0. The number of methoxy groups -OCH3 is 1. The van der Waals surface area contributed by atoms with Crippen LogP contribution >= 0.6 is 0 Å². The molecule has 0 spiro atoms. The fourth-order valence-electron chi connectivity index (χ4n) is 0.740. The zero-order valence-corrected chi connectivity index (χ0v) is 6.56. The van der Waals surface area contributed by atoms with Crippen molar-refractivity contribution in [3.8, 4) is 5.75 Å². The molecule has 1 aromatic carbocycles. The number of hydrogen-bond acceptors (Lipinski definition) is 1. The summed E-state index contributed by atoms with van der Waals surface area (Å²) in [4.78, 5) is 0. The molecule has 1 aromatic rings. The van der Waals surface area contributed by atoms with Crippen molar-refractivity contribution in [1.29, 1.82) is 0 Å². The van der Waals surface area contributed by atoms with Crippen LogP contribution in [0.15, 0.2) is 24.2 Å². The molecule has 11 heavy (non-hydrogen) atoms. The van der Waals surface area contributed by atoms with Crippen LogP contribution in [0.5, 0.6) is 5.75 Å². The molecule has 0 fully saturated rings. The number of benzene rings is 1. The van der Waals surface area contributed by atoms with E-state index < -0.39 is 7.04 Å². The molecule has 0 unspecified atom stereocenters. The molecule has 0 aromatic heterocycles. The second-order valence-electron chi connectivity index (χ2n) is 2.56. The second kappa shape index (κ2) is 3.42. The van der Waals surface area contributed by atoms with E-state index in [1.807, 2.05) is 0 Å². The van der Waals surface area contributed by atoms with Gasteiger partial charge in [0.15, 0.2) is 0 Å². The van der Waals surface area contributed by atoms with Gasteiger partial charge in [-0.2, -0.15) is 0 Å². The predicted octanol–water partition coefficient (Wildman–Crippen LogP) is 2.82. The monoisotopic (exact) mass is 156 g/mol. The topological polar surface area (TPSA) is 9.23 Å². The molecule has 0 saturated carbocycles. The molecular weight excluding hydrogens is 136 g/mol. The normalized spacial score (nSPS) is 19.2. The summed E-state index contributed by atoms with van der Waals surface area (Å²) >= 11 is 0. The Bertz CT molecular complexity index is 424. The summed E-state index contributed by atoms with van der Waals surface area (Å²) in [6, 6.07) is 0.830. The van der Waals surface area contributed by atoms with E-state index in [0.29, 0.717) is 5.56 Å². The quantitative estimate of drug-likeness (QED) is 0.639. The first-order chi connectivity index (χ1) is 7.63. The predicted molar refractivity (Wildman–Crippen MR) is 47.1 cm³/mol. The summed E-state index contributed by atoms with van der Waals surface area (Å²) in [6.07, 6.45) is 0. The highest BCUT2D eigenvalue weighted by molar-refractivity contribution is 5.29. The largest absolute Gasteiger partial charge is 0.497 e. The molecule has 0 aliphatic carbocycles. The highest BCUT2D eigenvalue weighted by Gasteiger charge is 1.98. The van der Waals surface area contributed by atoms with Crippen molar-refractivity contribution >= 4 is 0 Å². The third kappa shape index (κ3) is 1.97. The van der Waals surface area contributed by atoms with Crippen LogP contribution in [0.25, 0.3) is 0 Å². The minimum atomic E-state index is -2.69. The Morgan fingerprint density at radius 3 is 3.00 bits per heavy atom. The van der Waals surface area contributed by atoms with Gasteiger partial charge >= 0.3 is 0 Å². The standard InChI is InChI=1S/C10H14O/c1-8(2)9-5-4-6-10(7-9)11-3/h4-8H,1-3H3/i3D3,5D,6D,7D. The minimum absolute atomic E-state index is 0.0629. The van der Waals surface area contributed by atoms with E-state index in [0.717, 1.165) is 0 Å². The van der Waals surface area contributed by atoms with Crippen LogP contribution in [0.3, 0.4) is 0 Å². The SMILES string of the molecule is [2H]c1cc([2H])c(C(C)C)c([2H])c1OC([2H])([2H])[2H]. The van der Waals surface area contributed by atoms with Gasteiger partial charge in [0.1, 0.15) is 5.75 Å². The first-order valence-corrected chi connectivity index (χ1v) is 3.43. The van der Waals surface area contributed by atoms with Gasteiger partial charge in [-0.3, -0.25) is 0 Å². The van der Waals surface area contributed by atoms with Gasteiger partial charge in [0.05, 0.1) is 15.3 Å². The van der Waals surface area contributed by atoms with Gasteiger partial charge in [0.2, 0.25) is 0 Å². The van der Waals surface area contributed by atoms with Crippen LogP contribution < -0.4 is 4.74 Å². The molecule has 0 heterocycles. The van der Waals surface area contributed by atoms with Crippen molar-refractivity contribution < 1.29 is 13.0 Å². The van der Waals surface area contributed by atoms with Crippen LogP contribution in [0.1, 0.15) is 33.6 Å². The highest BCUT2D eigenvalue weighted by Crippen LogP contribution is 2.19. The van der Waals surface area contributed by atoms with Crippen molar-refractivity contribution in [3.05, 3.63) is 29.8 Å². The maximum Gasteiger partial charge on any atom is 0.119 e. The Labute approximate surface area is 76.4 Å². The summed E-state index contributed by atoms with van der Waals surface area (Å²) in [5, 5.41) is 0. The van der Waals surface area contributed by atoms with Gasteiger partial charge in [-0.05, 0) is 23.6 Å². The average Bonchev–Trinajstić information content (AvgIpc) is 2.09. The Hall–Kier alpha value is -0.980. The summed E-state index contributed by atoms with van der Waals surface area (Å²) in [7, 11) is -2.69. The fraction of sp³-hybridized carbons (Fsp3) is 0.400. The van der Waals surface area contributed by atoms with Crippen molar-refractivity contribution in [2.45, 2.75) is 19.8 Å². The summed E-state index contributed by atoms with van der Waals surface area (Å²) in [5.41, 5.74) is 0.389. The first-order valence-electron chi connectivity index (χ1n) is 6.43. The van der Waals surface area contributed by atoms with E-state index in [9.17, 15) is 0 Å². The lowest BCUT2D eigenvalue weighted by Gasteiger charge is -2.06. The average molecular weight is 156 g/mol. The van der Waals surface area contributed by atoms with Gasteiger partial charge in [-0.1, -0.05) is 26.0 Å². The molecule has 0 aliphatic heterocycles. The Kier molecular flexibility index (Phi) is 0.988. The molecular formula is C10H14O. The number of rotatable bonds is 2. The van der Waals surface area contributed by atoms with Gasteiger partial charge in [-0.15, -0.1) is 0 Å². The summed E-state index contributed by atoms with van der Waals surface area (Å²) < 4.78 is 48.7. The van der Waals surface area contributed by atoms with Gasteiger partial charge in [-0.25, -0.2) is 0 Å². The number of ether oxygens (including phenoxy) is 1. The van der Waals surface area contributed by atoms with Gasteiger partial charge < -0.3 is 4.74 Å². The molecule has 0 bridgehead atoms. The Balaban J connectivity index is 3.36. The molecule has 0 aliphatic rings.